The molecule has 60 valence electrons. The molecule has 0 aromatic carbocycles. The van der Waals surface area contributed by atoms with Gasteiger partial charge >= 0.3 is 0 Å². The highest BCUT2D eigenvalue weighted by Gasteiger charge is 2.44. The fourth-order valence-electron chi connectivity index (χ4n) is 0.799. The molecule has 1 aliphatic carbocycles. The van der Waals surface area contributed by atoms with Crippen LogP contribution in [0.15, 0.2) is 0 Å². The summed E-state index contributed by atoms with van der Waals surface area (Å²) in [5, 5.41) is 0. The molecule has 1 fully saturated rings. The van der Waals surface area contributed by atoms with Crippen LogP contribution < -0.4 is 5.73 Å². The number of aldehydes is 1. The lowest BCUT2D eigenvalue weighted by Gasteiger charge is -2.15. The number of likely N-dealkylation sites (N-methyl/N-ethyl adjacent to an activating group) is 1. The Morgan fingerprint density at radius 2 is 1.80 bits per heavy atom. The summed E-state index contributed by atoms with van der Waals surface area (Å²) >= 11 is 0. The molecule has 0 aromatic heterocycles. The second kappa shape index (κ2) is 3.68. The summed E-state index contributed by atoms with van der Waals surface area (Å²) in [6.45, 7) is 0. The Labute approximate surface area is 62.2 Å². The van der Waals surface area contributed by atoms with Crippen molar-refractivity contribution in [2.45, 2.75) is 18.4 Å². The van der Waals surface area contributed by atoms with Crippen molar-refractivity contribution in [2.75, 3.05) is 21.1 Å². The van der Waals surface area contributed by atoms with E-state index in [0.29, 0.717) is 0 Å². The molecule has 1 rings (SSSR count). The molecule has 0 aliphatic heterocycles. The molecule has 1 saturated carbocycles. The highest BCUT2D eigenvalue weighted by atomic mass is 16.1. The highest BCUT2D eigenvalue weighted by Crippen LogP contribution is 2.37. The van der Waals surface area contributed by atoms with Gasteiger partial charge in [-0.05, 0) is 34.0 Å². The molecule has 0 unspecified atom stereocenters. The molecule has 0 bridgehead atoms. The predicted molar refractivity (Wildman–Crippen MR) is 41.8 cm³/mol. The molecule has 1 aliphatic rings. The van der Waals surface area contributed by atoms with Gasteiger partial charge in [0.05, 0.1) is 5.54 Å². The van der Waals surface area contributed by atoms with E-state index in [1.54, 1.807) is 0 Å². The zero-order chi connectivity index (χ0) is 8.20. The summed E-state index contributed by atoms with van der Waals surface area (Å²) in [7, 11) is 5.39. The van der Waals surface area contributed by atoms with Gasteiger partial charge in [0.1, 0.15) is 6.29 Å². The standard InChI is InChI=1S/C6H11NO.CH5N/c1-7(2)6(5-8)3-4-6;1-2/h5H,3-4H2,1-2H3;2H2,1H3. The third kappa shape index (κ3) is 1.78. The van der Waals surface area contributed by atoms with E-state index >= 15 is 0 Å². The fraction of sp³-hybridized carbons (Fsp3) is 0.857. The van der Waals surface area contributed by atoms with E-state index < -0.39 is 0 Å². The number of rotatable bonds is 2. The molecule has 0 aromatic rings. The molecule has 0 atom stereocenters. The molecular formula is C7H16N2O. The average molecular weight is 144 g/mol. The zero-order valence-corrected chi connectivity index (χ0v) is 6.92. The van der Waals surface area contributed by atoms with Crippen molar-refractivity contribution in [2.24, 2.45) is 5.73 Å². The normalized spacial score (nSPS) is 19.3. The van der Waals surface area contributed by atoms with Gasteiger partial charge in [-0.3, -0.25) is 4.90 Å². The van der Waals surface area contributed by atoms with Crippen LogP contribution in [0.2, 0.25) is 0 Å². The molecular weight excluding hydrogens is 128 g/mol. The monoisotopic (exact) mass is 144 g/mol. The van der Waals surface area contributed by atoms with E-state index in [9.17, 15) is 4.79 Å². The third-order valence-corrected chi connectivity index (χ3v) is 1.87. The van der Waals surface area contributed by atoms with Gasteiger partial charge in [0, 0.05) is 0 Å². The molecule has 3 nitrogen and oxygen atoms in total. The van der Waals surface area contributed by atoms with Crippen LogP contribution in [0.3, 0.4) is 0 Å². The molecule has 0 radical (unpaired) electrons. The van der Waals surface area contributed by atoms with E-state index in [2.05, 4.69) is 5.73 Å². The minimum absolute atomic E-state index is 0.0556. The predicted octanol–water partition coefficient (Wildman–Crippen LogP) is -0.146. The maximum Gasteiger partial charge on any atom is 0.140 e. The number of carbonyl (C=O) groups is 1. The minimum atomic E-state index is -0.0556. The Hall–Kier alpha value is -0.410. The Kier molecular flexibility index (Phi) is 3.53. The van der Waals surface area contributed by atoms with E-state index in [0.717, 1.165) is 19.1 Å². The average Bonchev–Trinajstić information content (AvgIpc) is 2.71. The second-order valence-electron chi connectivity index (χ2n) is 2.62. The highest BCUT2D eigenvalue weighted by molar-refractivity contribution is 5.68. The Balaban J connectivity index is 0.000000371. The molecule has 10 heavy (non-hydrogen) atoms. The largest absolute Gasteiger partial charge is 0.333 e. The lowest BCUT2D eigenvalue weighted by Crippen LogP contribution is -2.31. The lowest BCUT2D eigenvalue weighted by molar-refractivity contribution is -0.112. The van der Waals surface area contributed by atoms with Gasteiger partial charge in [-0.1, -0.05) is 0 Å². The van der Waals surface area contributed by atoms with Crippen LogP contribution >= 0.6 is 0 Å². The first kappa shape index (κ1) is 9.59. The summed E-state index contributed by atoms with van der Waals surface area (Å²) < 4.78 is 0. The number of nitrogens with zero attached hydrogens (tertiary/aromatic N) is 1. The summed E-state index contributed by atoms with van der Waals surface area (Å²) in [5.74, 6) is 0. The first-order valence-corrected chi connectivity index (χ1v) is 3.43. The third-order valence-electron chi connectivity index (χ3n) is 1.87. The van der Waals surface area contributed by atoms with Crippen molar-refractivity contribution in [3.05, 3.63) is 0 Å². The van der Waals surface area contributed by atoms with Gasteiger partial charge in [0.2, 0.25) is 0 Å². The quantitative estimate of drug-likeness (QED) is 0.548. The van der Waals surface area contributed by atoms with E-state index in [4.69, 9.17) is 0 Å². The van der Waals surface area contributed by atoms with Gasteiger partial charge in [-0.15, -0.1) is 0 Å². The van der Waals surface area contributed by atoms with Crippen LogP contribution in [0.1, 0.15) is 12.8 Å². The van der Waals surface area contributed by atoms with Crippen molar-refractivity contribution < 1.29 is 4.79 Å². The first-order chi connectivity index (χ1) is 4.71. The number of hydrogen-bond donors (Lipinski definition) is 1. The summed E-state index contributed by atoms with van der Waals surface area (Å²) in [6.07, 6.45) is 3.14. The van der Waals surface area contributed by atoms with Crippen molar-refractivity contribution >= 4 is 6.29 Å². The van der Waals surface area contributed by atoms with Gasteiger partial charge in [0.25, 0.3) is 0 Å². The zero-order valence-electron chi connectivity index (χ0n) is 6.92. The SMILES string of the molecule is CN.CN(C)C1(C=O)CC1. The Morgan fingerprint density at radius 3 is 1.80 bits per heavy atom. The van der Waals surface area contributed by atoms with Gasteiger partial charge in [0.15, 0.2) is 0 Å². The molecule has 0 heterocycles. The van der Waals surface area contributed by atoms with Crippen LogP contribution in [-0.4, -0.2) is 37.9 Å². The van der Waals surface area contributed by atoms with Gasteiger partial charge in [-0.25, -0.2) is 0 Å². The van der Waals surface area contributed by atoms with Crippen LogP contribution in [0.4, 0.5) is 0 Å². The van der Waals surface area contributed by atoms with Gasteiger partial charge < -0.3 is 10.5 Å². The van der Waals surface area contributed by atoms with Crippen LogP contribution in [0, 0.1) is 0 Å². The summed E-state index contributed by atoms with van der Waals surface area (Å²) in [4.78, 5) is 12.3. The lowest BCUT2D eigenvalue weighted by atomic mass is 10.3. The van der Waals surface area contributed by atoms with Crippen molar-refractivity contribution in [1.82, 2.24) is 4.90 Å². The van der Waals surface area contributed by atoms with Crippen molar-refractivity contribution in [3.8, 4) is 0 Å². The molecule has 0 spiro atoms. The molecule has 2 N–H and O–H groups in total. The van der Waals surface area contributed by atoms with E-state index in [-0.39, 0.29) is 5.54 Å². The van der Waals surface area contributed by atoms with Crippen LogP contribution in [-0.2, 0) is 4.79 Å². The molecule has 0 amide bonds. The topological polar surface area (TPSA) is 46.3 Å². The van der Waals surface area contributed by atoms with Crippen LogP contribution in [0.5, 0.6) is 0 Å². The number of carbonyl (C=O) groups excluding carboxylic acids is 1. The van der Waals surface area contributed by atoms with E-state index in [1.165, 1.54) is 7.05 Å². The van der Waals surface area contributed by atoms with Gasteiger partial charge in [-0.2, -0.15) is 0 Å². The first-order valence-electron chi connectivity index (χ1n) is 3.43. The summed E-state index contributed by atoms with van der Waals surface area (Å²) in [6, 6.07) is 0. The fourth-order valence-corrected chi connectivity index (χ4v) is 0.799. The van der Waals surface area contributed by atoms with Crippen molar-refractivity contribution in [3.63, 3.8) is 0 Å². The smallest absolute Gasteiger partial charge is 0.140 e. The van der Waals surface area contributed by atoms with Crippen LogP contribution in [0.25, 0.3) is 0 Å². The molecule has 0 saturated heterocycles. The van der Waals surface area contributed by atoms with Crippen molar-refractivity contribution in [1.29, 1.82) is 0 Å². The maximum atomic E-state index is 10.3. The maximum absolute atomic E-state index is 10.3. The Morgan fingerprint density at radius 1 is 1.40 bits per heavy atom. The van der Waals surface area contributed by atoms with E-state index in [1.807, 2.05) is 19.0 Å². The summed E-state index contributed by atoms with van der Waals surface area (Å²) in [5.41, 5.74) is 4.44. The minimum Gasteiger partial charge on any atom is -0.333 e. The Bertz CT molecular complexity index is 108. The second-order valence-corrected chi connectivity index (χ2v) is 2.62. The number of nitrogens with two attached hydrogens (primary N) is 1. The molecule has 3 heteroatoms. The number of hydrogen-bond acceptors (Lipinski definition) is 3.